The van der Waals surface area contributed by atoms with Gasteiger partial charge in [0.1, 0.15) is 12.7 Å². The lowest BCUT2D eigenvalue weighted by Crippen LogP contribution is -2.15. The first-order chi connectivity index (χ1) is 8.79. The summed E-state index contributed by atoms with van der Waals surface area (Å²) in [7, 11) is 0. The van der Waals surface area contributed by atoms with Gasteiger partial charge in [-0.3, -0.25) is 0 Å². The minimum atomic E-state index is -0.126. The molecule has 8 heteroatoms. The highest BCUT2D eigenvalue weighted by atomic mass is 16.4. The van der Waals surface area contributed by atoms with Gasteiger partial charge in [0.15, 0.2) is 5.82 Å². The lowest BCUT2D eigenvalue weighted by atomic mass is 10.2. The van der Waals surface area contributed by atoms with Crippen molar-refractivity contribution in [2.45, 2.75) is 19.3 Å². The zero-order chi connectivity index (χ0) is 12.5. The molecule has 2 heterocycles. The number of nitrogens with zero attached hydrogens (tertiary/aromatic N) is 6. The maximum absolute atomic E-state index is 8.57. The van der Waals surface area contributed by atoms with Gasteiger partial charge in [-0.1, -0.05) is 5.16 Å². The predicted molar refractivity (Wildman–Crippen MR) is 61.5 cm³/mol. The third kappa shape index (κ3) is 1.58. The Balaban J connectivity index is 2.06. The second-order valence-corrected chi connectivity index (χ2v) is 3.97. The second kappa shape index (κ2) is 4.06. The molecule has 0 spiro atoms. The molecule has 2 aromatic heterocycles. The number of aromatic nitrogens is 5. The molecular formula is C10H11N7O. The van der Waals surface area contributed by atoms with E-state index in [1.165, 1.54) is 17.3 Å². The van der Waals surface area contributed by atoms with Crippen LogP contribution in [0, 0.1) is 0 Å². The zero-order valence-corrected chi connectivity index (χ0v) is 9.48. The van der Waals surface area contributed by atoms with Crippen LogP contribution >= 0.6 is 0 Å². The van der Waals surface area contributed by atoms with E-state index in [0.717, 1.165) is 30.5 Å². The highest BCUT2D eigenvalue weighted by Gasteiger charge is 2.19. The Kier molecular flexibility index (Phi) is 2.40. The smallest absolute Gasteiger partial charge is 0.220 e. The van der Waals surface area contributed by atoms with E-state index in [1.807, 2.05) is 0 Å². The molecule has 1 aliphatic carbocycles. The van der Waals surface area contributed by atoms with Crippen LogP contribution in [0.2, 0.25) is 0 Å². The van der Waals surface area contributed by atoms with E-state index >= 15 is 0 Å². The van der Waals surface area contributed by atoms with E-state index in [0.29, 0.717) is 5.82 Å². The van der Waals surface area contributed by atoms with Gasteiger partial charge in [-0.15, -0.1) is 5.10 Å². The highest BCUT2D eigenvalue weighted by molar-refractivity contribution is 5.93. The summed E-state index contributed by atoms with van der Waals surface area (Å²) in [5, 5.41) is 15.6. The van der Waals surface area contributed by atoms with Crippen LogP contribution in [0.25, 0.3) is 5.82 Å². The lowest BCUT2D eigenvalue weighted by Gasteiger charge is -2.04. The Morgan fingerprint density at radius 3 is 3.06 bits per heavy atom. The number of rotatable bonds is 2. The van der Waals surface area contributed by atoms with Crippen LogP contribution in [0.3, 0.4) is 0 Å². The molecule has 0 aromatic carbocycles. The molecule has 0 radical (unpaired) electrons. The molecule has 1 aliphatic rings. The Hall–Kier alpha value is -2.51. The van der Waals surface area contributed by atoms with Crippen molar-refractivity contribution in [2.75, 3.05) is 0 Å². The molecule has 2 aromatic rings. The normalized spacial score (nSPS) is 14.8. The van der Waals surface area contributed by atoms with E-state index in [9.17, 15) is 0 Å². The molecule has 8 nitrogen and oxygen atoms in total. The predicted octanol–water partition coefficient (Wildman–Crippen LogP) is -0.360. The van der Waals surface area contributed by atoms with Gasteiger partial charge in [0, 0.05) is 11.3 Å². The third-order valence-corrected chi connectivity index (χ3v) is 2.90. The van der Waals surface area contributed by atoms with Crippen LogP contribution in [0.15, 0.2) is 17.8 Å². The van der Waals surface area contributed by atoms with E-state index in [4.69, 9.17) is 10.9 Å². The molecule has 0 saturated heterocycles. The summed E-state index contributed by atoms with van der Waals surface area (Å²) >= 11 is 0. The van der Waals surface area contributed by atoms with Crippen molar-refractivity contribution >= 4 is 5.84 Å². The lowest BCUT2D eigenvalue weighted by molar-refractivity contribution is 0.318. The molecule has 0 unspecified atom stereocenters. The third-order valence-electron chi connectivity index (χ3n) is 2.90. The fraction of sp³-hybridized carbons (Fsp3) is 0.300. The SMILES string of the molecule is N/C(=N/O)c1ncn(-c2ncnc3c2CCC3)n1. The van der Waals surface area contributed by atoms with Crippen molar-refractivity contribution in [3.8, 4) is 5.82 Å². The summed E-state index contributed by atoms with van der Waals surface area (Å²) in [5.41, 5.74) is 7.57. The van der Waals surface area contributed by atoms with Crippen LogP contribution in [-0.4, -0.2) is 35.8 Å². The van der Waals surface area contributed by atoms with E-state index < -0.39 is 0 Å². The van der Waals surface area contributed by atoms with Crippen LogP contribution < -0.4 is 5.73 Å². The Morgan fingerprint density at radius 1 is 1.33 bits per heavy atom. The Bertz CT molecular complexity index is 618. The molecular weight excluding hydrogens is 234 g/mol. The van der Waals surface area contributed by atoms with Crippen molar-refractivity contribution < 1.29 is 5.21 Å². The summed E-state index contributed by atoms with van der Waals surface area (Å²) in [4.78, 5) is 12.4. The van der Waals surface area contributed by atoms with Crippen molar-refractivity contribution in [3.05, 3.63) is 29.7 Å². The maximum atomic E-state index is 8.57. The van der Waals surface area contributed by atoms with Crippen molar-refractivity contribution in [3.63, 3.8) is 0 Å². The largest absolute Gasteiger partial charge is 0.409 e. The first-order valence-electron chi connectivity index (χ1n) is 5.52. The van der Waals surface area contributed by atoms with Gasteiger partial charge in [-0.2, -0.15) is 0 Å². The minimum Gasteiger partial charge on any atom is -0.409 e. The van der Waals surface area contributed by atoms with E-state index in [2.05, 4.69) is 25.2 Å². The summed E-state index contributed by atoms with van der Waals surface area (Å²) in [6.07, 6.45) is 5.98. The van der Waals surface area contributed by atoms with Gasteiger partial charge in [0.2, 0.25) is 11.7 Å². The van der Waals surface area contributed by atoms with Crippen molar-refractivity contribution in [2.24, 2.45) is 10.9 Å². The molecule has 0 fully saturated rings. The standard InChI is InChI=1S/C10H11N7O/c11-8(16-18)9-14-5-17(15-9)10-6-2-1-3-7(6)12-4-13-10/h4-5,18H,1-3H2,(H2,11,16). The first-order valence-corrected chi connectivity index (χ1v) is 5.52. The maximum Gasteiger partial charge on any atom is 0.220 e. The number of nitrogens with two attached hydrogens (primary N) is 1. The van der Waals surface area contributed by atoms with Crippen LogP contribution in [0.5, 0.6) is 0 Å². The summed E-state index contributed by atoms with van der Waals surface area (Å²) < 4.78 is 1.53. The Morgan fingerprint density at radius 2 is 2.22 bits per heavy atom. The van der Waals surface area contributed by atoms with Crippen LogP contribution in [0.4, 0.5) is 0 Å². The monoisotopic (exact) mass is 245 g/mol. The second-order valence-electron chi connectivity index (χ2n) is 3.97. The summed E-state index contributed by atoms with van der Waals surface area (Å²) in [5.74, 6) is 0.754. The number of oxime groups is 1. The fourth-order valence-corrected chi connectivity index (χ4v) is 2.07. The van der Waals surface area contributed by atoms with Gasteiger partial charge in [0.05, 0.1) is 0 Å². The highest BCUT2D eigenvalue weighted by Crippen LogP contribution is 2.23. The van der Waals surface area contributed by atoms with E-state index in [-0.39, 0.29) is 11.7 Å². The number of amidine groups is 1. The number of aryl methyl sites for hydroxylation is 1. The van der Waals surface area contributed by atoms with Crippen LogP contribution in [0.1, 0.15) is 23.5 Å². The van der Waals surface area contributed by atoms with Crippen LogP contribution in [-0.2, 0) is 12.8 Å². The number of hydrogen-bond donors (Lipinski definition) is 2. The van der Waals surface area contributed by atoms with Gasteiger partial charge >= 0.3 is 0 Å². The quantitative estimate of drug-likeness (QED) is 0.323. The molecule has 0 saturated carbocycles. The molecule has 0 amide bonds. The molecule has 0 bridgehead atoms. The average molecular weight is 245 g/mol. The molecule has 0 aliphatic heterocycles. The average Bonchev–Trinajstić information content (AvgIpc) is 3.05. The number of hydrogen-bond acceptors (Lipinski definition) is 6. The minimum absolute atomic E-state index is 0.126. The van der Waals surface area contributed by atoms with Gasteiger partial charge in [0.25, 0.3) is 0 Å². The van der Waals surface area contributed by atoms with Gasteiger partial charge < -0.3 is 10.9 Å². The summed E-state index contributed by atoms with van der Waals surface area (Å²) in [6.45, 7) is 0. The molecule has 92 valence electrons. The first kappa shape index (κ1) is 10.6. The molecule has 0 atom stereocenters. The zero-order valence-electron chi connectivity index (χ0n) is 9.48. The Labute approximate surface area is 102 Å². The van der Waals surface area contributed by atoms with Crippen molar-refractivity contribution in [1.29, 1.82) is 0 Å². The van der Waals surface area contributed by atoms with Gasteiger partial charge in [-0.05, 0) is 19.3 Å². The fourth-order valence-electron chi connectivity index (χ4n) is 2.07. The van der Waals surface area contributed by atoms with E-state index in [1.54, 1.807) is 0 Å². The van der Waals surface area contributed by atoms with Gasteiger partial charge in [-0.25, -0.2) is 19.6 Å². The topological polar surface area (TPSA) is 115 Å². The summed E-state index contributed by atoms with van der Waals surface area (Å²) in [6, 6.07) is 0. The molecule has 3 N–H and O–H groups in total. The number of fused-ring (bicyclic) bond motifs is 1. The molecule has 3 rings (SSSR count). The van der Waals surface area contributed by atoms with Crippen molar-refractivity contribution in [1.82, 2.24) is 24.7 Å². The molecule has 18 heavy (non-hydrogen) atoms.